The molecule has 1 aromatic heterocycles. The molecule has 1 aliphatic heterocycles. The van der Waals surface area contributed by atoms with Crippen molar-refractivity contribution in [3.05, 3.63) is 34.6 Å². The predicted octanol–water partition coefficient (Wildman–Crippen LogP) is 2.81. The molecule has 1 unspecified atom stereocenters. The fourth-order valence-electron chi connectivity index (χ4n) is 3.02. The van der Waals surface area contributed by atoms with Crippen LogP contribution in [0, 0.1) is 20.8 Å². The average Bonchev–Trinajstić information content (AvgIpc) is 3.06. The highest BCUT2D eigenvalue weighted by Gasteiger charge is 2.20. The lowest BCUT2D eigenvalue weighted by Gasteiger charge is -2.10. The summed E-state index contributed by atoms with van der Waals surface area (Å²) in [5, 5.41) is 4.10. The highest BCUT2D eigenvalue weighted by molar-refractivity contribution is 5.91. The van der Waals surface area contributed by atoms with E-state index in [-0.39, 0.29) is 11.9 Å². The Bertz CT molecular complexity index is 681. The van der Waals surface area contributed by atoms with Crippen molar-refractivity contribution < 1.29 is 13.9 Å². The second kappa shape index (κ2) is 5.53. The summed E-state index contributed by atoms with van der Waals surface area (Å²) < 4.78 is 11.0. The summed E-state index contributed by atoms with van der Waals surface area (Å²) in [4.78, 5) is 12.2. The topological polar surface area (TPSA) is 51.5 Å². The second-order valence-corrected chi connectivity index (χ2v) is 5.91. The first kappa shape index (κ1) is 14.1. The highest BCUT2D eigenvalue weighted by Crippen LogP contribution is 2.30. The highest BCUT2D eigenvalue weighted by atomic mass is 16.5. The Morgan fingerprint density at radius 1 is 1.33 bits per heavy atom. The summed E-state index contributed by atoms with van der Waals surface area (Å²) >= 11 is 0. The number of carbonyl (C=O) groups is 1. The number of hydrogen-bond donors (Lipinski definition) is 1. The van der Waals surface area contributed by atoms with Gasteiger partial charge < -0.3 is 14.5 Å². The molecule has 0 spiro atoms. The Labute approximate surface area is 124 Å². The molecule has 1 aliphatic rings. The summed E-state index contributed by atoms with van der Waals surface area (Å²) in [6.07, 6.45) is 2.97. The fourth-order valence-corrected chi connectivity index (χ4v) is 3.02. The van der Waals surface area contributed by atoms with E-state index >= 15 is 0 Å². The SMILES string of the molecule is Cc1cc(C)c2c(CC(=O)NC3CCOC3)coc2c1C. The summed E-state index contributed by atoms with van der Waals surface area (Å²) in [5.74, 6) is 0.0332. The van der Waals surface area contributed by atoms with Crippen molar-refractivity contribution in [2.45, 2.75) is 39.7 Å². The molecule has 4 heteroatoms. The number of nitrogens with one attached hydrogen (secondary N) is 1. The second-order valence-electron chi connectivity index (χ2n) is 5.91. The number of carbonyl (C=O) groups excluding carboxylic acids is 1. The van der Waals surface area contributed by atoms with Crippen LogP contribution in [-0.2, 0) is 16.0 Å². The quantitative estimate of drug-likeness (QED) is 0.944. The predicted molar refractivity (Wildman–Crippen MR) is 81.5 cm³/mol. The summed E-state index contributed by atoms with van der Waals surface area (Å²) in [6, 6.07) is 2.31. The third-order valence-corrected chi connectivity index (χ3v) is 4.27. The molecule has 1 fully saturated rings. The molecule has 0 bridgehead atoms. The third kappa shape index (κ3) is 2.68. The van der Waals surface area contributed by atoms with Crippen LogP contribution in [0.5, 0.6) is 0 Å². The molecule has 1 amide bonds. The van der Waals surface area contributed by atoms with Crippen molar-refractivity contribution in [1.29, 1.82) is 0 Å². The number of aryl methyl sites for hydroxylation is 3. The van der Waals surface area contributed by atoms with E-state index in [1.54, 1.807) is 6.26 Å². The molecule has 1 saturated heterocycles. The van der Waals surface area contributed by atoms with E-state index in [4.69, 9.17) is 9.15 Å². The molecule has 2 aromatic rings. The van der Waals surface area contributed by atoms with Crippen molar-refractivity contribution >= 4 is 16.9 Å². The van der Waals surface area contributed by atoms with E-state index in [0.717, 1.165) is 40.7 Å². The molecule has 1 atom stereocenters. The van der Waals surface area contributed by atoms with E-state index in [9.17, 15) is 4.79 Å². The Hall–Kier alpha value is -1.81. The van der Waals surface area contributed by atoms with Crippen molar-refractivity contribution in [3.63, 3.8) is 0 Å². The lowest BCUT2D eigenvalue weighted by atomic mass is 9.99. The molecule has 4 nitrogen and oxygen atoms in total. The first-order chi connectivity index (χ1) is 10.1. The van der Waals surface area contributed by atoms with Crippen LogP contribution in [0.4, 0.5) is 0 Å². The van der Waals surface area contributed by atoms with Crippen molar-refractivity contribution in [2.75, 3.05) is 13.2 Å². The third-order valence-electron chi connectivity index (χ3n) is 4.27. The molecule has 3 rings (SSSR count). The zero-order valence-electron chi connectivity index (χ0n) is 12.8. The van der Waals surface area contributed by atoms with Gasteiger partial charge >= 0.3 is 0 Å². The molecule has 0 saturated carbocycles. The van der Waals surface area contributed by atoms with Crippen molar-refractivity contribution in [1.82, 2.24) is 5.32 Å². The standard InChI is InChI=1S/C17H21NO3/c1-10-6-11(2)16-13(8-21-17(16)12(10)3)7-15(19)18-14-4-5-20-9-14/h6,8,14H,4-5,7,9H2,1-3H3,(H,18,19). The van der Waals surface area contributed by atoms with Crippen LogP contribution in [0.25, 0.3) is 11.0 Å². The molecule has 2 heterocycles. The molecule has 1 aromatic carbocycles. The van der Waals surface area contributed by atoms with E-state index in [1.165, 1.54) is 5.56 Å². The monoisotopic (exact) mass is 287 g/mol. The van der Waals surface area contributed by atoms with Crippen LogP contribution in [0.1, 0.15) is 28.7 Å². The van der Waals surface area contributed by atoms with Crippen molar-refractivity contribution in [2.24, 2.45) is 0 Å². The van der Waals surface area contributed by atoms with Crippen LogP contribution in [0.3, 0.4) is 0 Å². The van der Waals surface area contributed by atoms with Crippen molar-refractivity contribution in [3.8, 4) is 0 Å². The van der Waals surface area contributed by atoms with Crippen LogP contribution in [-0.4, -0.2) is 25.2 Å². The van der Waals surface area contributed by atoms with Gasteiger partial charge in [0.15, 0.2) is 0 Å². The zero-order chi connectivity index (χ0) is 15.0. The Kier molecular flexibility index (Phi) is 3.72. The van der Waals surface area contributed by atoms with Gasteiger partial charge in [0.05, 0.1) is 25.3 Å². The van der Waals surface area contributed by atoms with E-state index in [2.05, 4.69) is 32.2 Å². The number of fused-ring (bicyclic) bond motifs is 1. The summed E-state index contributed by atoms with van der Waals surface area (Å²) in [6.45, 7) is 7.56. The van der Waals surface area contributed by atoms with Gasteiger partial charge in [0.2, 0.25) is 5.91 Å². The number of furan rings is 1. The molecule has 0 aliphatic carbocycles. The number of hydrogen-bond acceptors (Lipinski definition) is 3. The smallest absolute Gasteiger partial charge is 0.224 e. The summed E-state index contributed by atoms with van der Waals surface area (Å²) in [5.41, 5.74) is 5.38. The van der Waals surface area contributed by atoms with Gasteiger partial charge in [-0.2, -0.15) is 0 Å². The zero-order valence-corrected chi connectivity index (χ0v) is 12.8. The van der Waals surface area contributed by atoms with Gasteiger partial charge in [0.1, 0.15) is 5.58 Å². The van der Waals surface area contributed by atoms with Gasteiger partial charge in [0, 0.05) is 17.6 Å². The summed E-state index contributed by atoms with van der Waals surface area (Å²) in [7, 11) is 0. The van der Waals surface area contributed by atoms with Gasteiger partial charge in [-0.05, 0) is 43.9 Å². The number of benzene rings is 1. The average molecular weight is 287 g/mol. The van der Waals surface area contributed by atoms with Crippen LogP contribution >= 0.6 is 0 Å². The van der Waals surface area contributed by atoms with Crippen LogP contribution < -0.4 is 5.32 Å². The molecule has 112 valence electrons. The lowest BCUT2D eigenvalue weighted by Crippen LogP contribution is -2.35. The minimum absolute atomic E-state index is 0.0332. The molecule has 1 N–H and O–H groups in total. The number of ether oxygens (including phenoxy) is 1. The van der Waals surface area contributed by atoms with Gasteiger partial charge in [-0.1, -0.05) is 6.07 Å². The molecule has 21 heavy (non-hydrogen) atoms. The number of amides is 1. The number of rotatable bonds is 3. The van der Waals surface area contributed by atoms with E-state index in [1.807, 2.05) is 0 Å². The van der Waals surface area contributed by atoms with E-state index in [0.29, 0.717) is 13.0 Å². The molecule has 0 radical (unpaired) electrons. The molecular formula is C17H21NO3. The maximum atomic E-state index is 12.2. The van der Waals surface area contributed by atoms with Gasteiger partial charge in [0.25, 0.3) is 0 Å². The molecular weight excluding hydrogens is 266 g/mol. The van der Waals surface area contributed by atoms with E-state index < -0.39 is 0 Å². The first-order valence-electron chi connectivity index (χ1n) is 7.40. The van der Waals surface area contributed by atoms with Crippen LogP contribution in [0.2, 0.25) is 0 Å². The maximum Gasteiger partial charge on any atom is 0.224 e. The largest absolute Gasteiger partial charge is 0.464 e. The van der Waals surface area contributed by atoms with Gasteiger partial charge in [-0.15, -0.1) is 0 Å². The Morgan fingerprint density at radius 3 is 2.86 bits per heavy atom. The normalized spacial score (nSPS) is 18.3. The minimum Gasteiger partial charge on any atom is -0.464 e. The lowest BCUT2D eigenvalue weighted by molar-refractivity contribution is -0.121. The van der Waals surface area contributed by atoms with Crippen LogP contribution in [0.15, 0.2) is 16.7 Å². The Morgan fingerprint density at radius 2 is 2.14 bits per heavy atom. The van der Waals surface area contributed by atoms with Gasteiger partial charge in [-0.25, -0.2) is 0 Å². The maximum absolute atomic E-state index is 12.2. The minimum atomic E-state index is 0.0332. The first-order valence-corrected chi connectivity index (χ1v) is 7.40. The van der Waals surface area contributed by atoms with Gasteiger partial charge in [-0.3, -0.25) is 4.79 Å². The fraction of sp³-hybridized carbons (Fsp3) is 0.471. The Balaban J connectivity index is 1.84.